The van der Waals surface area contributed by atoms with E-state index in [4.69, 9.17) is 0 Å². The predicted octanol–water partition coefficient (Wildman–Crippen LogP) is 4.96. The maximum Gasteiger partial charge on any atom is 0.264 e. The van der Waals surface area contributed by atoms with E-state index in [2.05, 4.69) is 27.9 Å². The Morgan fingerprint density at radius 2 is 1.55 bits per heavy atom. The molecule has 0 spiro atoms. The topological polar surface area (TPSA) is 86.8 Å². The van der Waals surface area contributed by atoms with Gasteiger partial charge in [0.2, 0.25) is 11.8 Å². The number of amides is 2. The number of benzene rings is 3. The second-order valence-electron chi connectivity index (χ2n) is 8.91. The van der Waals surface area contributed by atoms with Gasteiger partial charge in [-0.15, -0.1) is 0 Å². The third-order valence-electron chi connectivity index (χ3n) is 6.19. The van der Waals surface area contributed by atoms with Crippen molar-refractivity contribution in [2.75, 3.05) is 10.8 Å². The smallest absolute Gasteiger partial charge is 0.264 e. The summed E-state index contributed by atoms with van der Waals surface area (Å²) in [5.41, 5.74) is 0.515. The highest BCUT2D eigenvalue weighted by atomic mass is 127. The van der Waals surface area contributed by atoms with Crippen molar-refractivity contribution in [3.63, 3.8) is 0 Å². The van der Waals surface area contributed by atoms with Gasteiger partial charge >= 0.3 is 0 Å². The Morgan fingerprint density at radius 3 is 2.16 bits per heavy atom. The molecule has 38 heavy (non-hydrogen) atoms. The molecule has 0 unspecified atom stereocenters. The molecule has 0 saturated carbocycles. The molecule has 0 bridgehead atoms. The van der Waals surface area contributed by atoms with Crippen LogP contribution in [0.2, 0.25) is 0 Å². The molecular formula is C28H31FIN3O4S. The molecule has 10 heteroatoms. The summed E-state index contributed by atoms with van der Waals surface area (Å²) >= 11 is 2.11. The van der Waals surface area contributed by atoms with Crippen LogP contribution in [0.25, 0.3) is 0 Å². The average molecular weight is 652 g/mol. The Hall–Kier alpha value is -2.99. The van der Waals surface area contributed by atoms with Gasteiger partial charge in [0.05, 0.1) is 10.6 Å². The highest BCUT2D eigenvalue weighted by Crippen LogP contribution is 2.25. The van der Waals surface area contributed by atoms with Crippen molar-refractivity contribution in [1.82, 2.24) is 10.2 Å². The zero-order valence-electron chi connectivity index (χ0n) is 21.5. The molecule has 0 aliphatic carbocycles. The third kappa shape index (κ3) is 7.31. The van der Waals surface area contributed by atoms with Crippen LogP contribution in [-0.4, -0.2) is 43.8 Å². The number of carbonyl (C=O) groups excluding carboxylic acids is 2. The van der Waals surface area contributed by atoms with E-state index in [0.29, 0.717) is 12.1 Å². The van der Waals surface area contributed by atoms with Crippen LogP contribution in [0.3, 0.4) is 0 Å². The highest BCUT2D eigenvalue weighted by molar-refractivity contribution is 14.1. The Bertz CT molecular complexity index is 1350. The number of hydrogen-bond donors (Lipinski definition) is 1. The summed E-state index contributed by atoms with van der Waals surface area (Å²) in [5, 5.41) is 2.85. The molecule has 0 aliphatic heterocycles. The molecule has 202 valence electrons. The zero-order valence-corrected chi connectivity index (χ0v) is 24.4. The van der Waals surface area contributed by atoms with Gasteiger partial charge in [0.15, 0.2) is 0 Å². The number of halogens is 2. The molecule has 3 aromatic rings. The fourth-order valence-electron chi connectivity index (χ4n) is 3.71. The molecule has 7 nitrogen and oxygen atoms in total. The number of carbonyl (C=O) groups is 2. The van der Waals surface area contributed by atoms with Crippen LogP contribution in [0, 0.1) is 9.39 Å². The van der Waals surface area contributed by atoms with Crippen LogP contribution in [-0.2, 0) is 26.2 Å². The van der Waals surface area contributed by atoms with Gasteiger partial charge in [0, 0.05) is 21.7 Å². The van der Waals surface area contributed by atoms with E-state index in [0.717, 1.165) is 7.88 Å². The number of nitrogens with zero attached hydrogens (tertiary/aromatic N) is 2. The van der Waals surface area contributed by atoms with E-state index < -0.39 is 40.2 Å². The second-order valence-corrected chi connectivity index (χ2v) is 12.0. The summed E-state index contributed by atoms with van der Waals surface area (Å²) < 4.78 is 43.9. The van der Waals surface area contributed by atoms with Crippen LogP contribution < -0.4 is 9.62 Å². The largest absolute Gasteiger partial charge is 0.352 e. The summed E-state index contributed by atoms with van der Waals surface area (Å²) in [7, 11) is -4.14. The van der Waals surface area contributed by atoms with Crippen LogP contribution >= 0.6 is 22.6 Å². The Morgan fingerprint density at radius 1 is 0.947 bits per heavy atom. The van der Waals surface area contributed by atoms with Crippen LogP contribution in [0.15, 0.2) is 83.8 Å². The van der Waals surface area contributed by atoms with Gasteiger partial charge in [-0.25, -0.2) is 12.8 Å². The van der Waals surface area contributed by atoms with Gasteiger partial charge in [0.25, 0.3) is 10.0 Å². The predicted molar refractivity (Wildman–Crippen MR) is 154 cm³/mol. The van der Waals surface area contributed by atoms with E-state index >= 15 is 0 Å². The lowest BCUT2D eigenvalue weighted by Crippen LogP contribution is -2.52. The Labute approximate surface area is 237 Å². The quantitative estimate of drug-likeness (QED) is 0.297. The fourth-order valence-corrected chi connectivity index (χ4v) is 5.51. The molecule has 1 N–H and O–H groups in total. The van der Waals surface area contributed by atoms with Crippen LogP contribution in [0.1, 0.15) is 32.8 Å². The Kier molecular flexibility index (Phi) is 10.3. The summed E-state index contributed by atoms with van der Waals surface area (Å²) in [6.07, 6.45) is 0.690. The minimum Gasteiger partial charge on any atom is -0.352 e. The summed E-state index contributed by atoms with van der Waals surface area (Å²) in [4.78, 5) is 28.1. The lowest BCUT2D eigenvalue weighted by Gasteiger charge is -2.32. The number of anilines is 1. The molecule has 0 heterocycles. The zero-order chi connectivity index (χ0) is 27.9. The van der Waals surface area contributed by atoms with E-state index in [1.54, 1.807) is 55.5 Å². The molecular weight excluding hydrogens is 620 g/mol. The van der Waals surface area contributed by atoms with Crippen LogP contribution in [0.5, 0.6) is 0 Å². The normalized spacial score (nSPS) is 12.9. The lowest BCUT2D eigenvalue weighted by atomic mass is 10.1. The highest BCUT2D eigenvalue weighted by Gasteiger charge is 2.33. The maximum absolute atomic E-state index is 14.6. The van der Waals surface area contributed by atoms with Gasteiger partial charge in [-0.1, -0.05) is 43.3 Å². The SMILES string of the molecule is CC[C@@H](C)NC(=O)[C@H](C)N(Cc1ccccc1F)C(=O)CN(c1ccc(I)cc1)S(=O)(=O)c1ccccc1. The number of nitrogens with one attached hydrogen (secondary N) is 1. The third-order valence-corrected chi connectivity index (χ3v) is 8.70. The van der Waals surface area contributed by atoms with Crippen molar-refractivity contribution in [3.8, 4) is 0 Å². The molecule has 3 rings (SSSR count). The lowest BCUT2D eigenvalue weighted by molar-refractivity contribution is -0.139. The molecule has 3 aromatic carbocycles. The van der Waals surface area contributed by atoms with Crippen molar-refractivity contribution in [2.24, 2.45) is 0 Å². The standard InChI is InChI=1S/C28H31FIN3O4S/c1-4-20(2)31-28(35)21(3)32(18-22-10-8-9-13-26(22)29)27(34)19-33(24-16-14-23(30)15-17-24)38(36,37)25-11-6-5-7-12-25/h5-17,20-21H,4,18-19H2,1-3H3,(H,31,35)/t20-,21+/m1/s1. The van der Waals surface area contributed by atoms with Crippen LogP contribution in [0.4, 0.5) is 10.1 Å². The first-order valence-electron chi connectivity index (χ1n) is 12.2. The van der Waals surface area contributed by atoms with Gasteiger partial charge in [-0.2, -0.15) is 0 Å². The van der Waals surface area contributed by atoms with Crippen molar-refractivity contribution >= 4 is 50.1 Å². The van der Waals surface area contributed by atoms with Gasteiger partial charge in [0.1, 0.15) is 18.4 Å². The van der Waals surface area contributed by atoms with E-state index in [1.807, 2.05) is 13.8 Å². The molecule has 2 atom stereocenters. The molecule has 0 saturated heterocycles. The minimum absolute atomic E-state index is 0.0227. The van der Waals surface area contributed by atoms with Gasteiger partial charge in [-0.3, -0.25) is 13.9 Å². The van der Waals surface area contributed by atoms with Crippen molar-refractivity contribution in [2.45, 2.75) is 50.7 Å². The number of rotatable bonds is 11. The summed E-state index contributed by atoms with van der Waals surface area (Å²) in [6.45, 7) is 4.54. The monoisotopic (exact) mass is 651 g/mol. The summed E-state index contributed by atoms with van der Waals surface area (Å²) in [5.74, 6) is -1.57. The van der Waals surface area contributed by atoms with Crippen molar-refractivity contribution in [1.29, 1.82) is 0 Å². The maximum atomic E-state index is 14.6. The summed E-state index contributed by atoms with van der Waals surface area (Å²) in [6, 6.07) is 19.4. The first-order chi connectivity index (χ1) is 18.0. The average Bonchev–Trinajstić information content (AvgIpc) is 2.91. The minimum atomic E-state index is -4.14. The fraction of sp³-hybridized carbons (Fsp3) is 0.286. The number of hydrogen-bond acceptors (Lipinski definition) is 4. The molecule has 0 fully saturated rings. The van der Waals surface area contributed by atoms with E-state index in [-0.39, 0.29) is 23.0 Å². The van der Waals surface area contributed by atoms with Gasteiger partial charge < -0.3 is 10.2 Å². The first-order valence-corrected chi connectivity index (χ1v) is 14.7. The van der Waals surface area contributed by atoms with Gasteiger partial charge in [-0.05, 0) is 85.3 Å². The van der Waals surface area contributed by atoms with E-state index in [9.17, 15) is 22.4 Å². The molecule has 0 aromatic heterocycles. The van der Waals surface area contributed by atoms with Crippen molar-refractivity contribution in [3.05, 3.63) is 93.8 Å². The second kappa shape index (κ2) is 13.2. The molecule has 2 amide bonds. The van der Waals surface area contributed by atoms with E-state index in [1.165, 1.54) is 35.2 Å². The molecule has 0 radical (unpaired) electrons. The van der Waals surface area contributed by atoms with Crippen molar-refractivity contribution < 1.29 is 22.4 Å². The molecule has 0 aliphatic rings. The number of sulfonamides is 1. The first kappa shape index (κ1) is 29.6. The Balaban J connectivity index is 2.02.